The molecule has 1 amide bonds. The average Bonchev–Trinajstić information content (AvgIpc) is 2.86. The Morgan fingerprint density at radius 3 is 3.00 bits per heavy atom. The number of nitrogen functional groups attached to an aromatic ring is 1. The summed E-state index contributed by atoms with van der Waals surface area (Å²) in [6.07, 6.45) is 3.39. The number of aromatic amines is 1. The zero-order valence-electron chi connectivity index (χ0n) is 10.8. The lowest BCUT2D eigenvalue weighted by Crippen LogP contribution is -2.23. The van der Waals surface area contributed by atoms with E-state index in [0.717, 1.165) is 16.4 Å². The topological polar surface area (TPSA) is 83.8 Å². The fraction of sp³-hybridized carbons (Fsp3) is 0.231. The fourth-order valence-corrected chi connectivity index (χ4v) is 2.30. The molecule has 1 unspecified atom stereocenters. The number of imidazole rings is 1. The molecule has 6 heteroatoms. The number of aromatic nitrogens is 2. The van der Waals surface area contributed by atoms with Crippen LogP contribution in [0, 0.1) is 6.92 Å². The van der Waals surface area contributed by atoms with Crippen molar-refractivity contribution in [1.29, 1.82) is 0 Å². The molecule has 0 aliphatic heterocycles. The molecule has 0 bridgehead atoms. The van der Waals surface area contributed by atoms with Crippen LogP contribution in [0.3, 0.4) is 0 Å². The lowest BCUT2D eigenvalue weighted by Gasteiger charge is -2.13. The largest absolute Gasteiger partial charge is 0.399 e. The summed E-state index contributed by atoms with van der Waals surface area (Å²) in [6, 6.07) is 5.46. The molecule has 100 valence electrons. The van der Waals surface area contributed by atoms with E-state index in [4.69, 9.17) is 5.73 Å². The summed E-state index contributed by atoms with van der Waals surface area (Å²) in [7, 11) is 0. The molecule has 19 heavy (non-hydrogen) atoms. The molecule has 1 atom stereocenters. The van der Waals surface area contributed by atoms with E-state index in [1.54, 1.807) is 18.5 Å². The Kier molecular flexibility index (Phi) is 4.11. The van der Waals surface area contributed by atoms with Crippen molar-refractivity contribution >= 4 is 29.0 Å². The van der Waals surface area contributed by atoms with Gasteiger partial charge in [0.05, 0.1) is 5.25 Å². The molecule has 0 radical (unpaired) electrons. The van der Waals surface area contributed by atoms with Crippen molar-refractivity contribution in [2.75, 3.05) is 11.1 Å². The van der Waals surface area contributed by atoms with E-state index in [1.807, 2.05) is 26.0 Å². The molecule has 4 N–H and O–H groups in total. The second kappa shape index (κ2) is 5.79. The van der Waals surface area contributed by atoms with Crippen LogP contribution >= 0.6 is 11.8 Å². The molecule has 0 spiro atoms. The lowest BCUT2D eigenvalue weighted by molar-refractivity contribution is -0.115. The van der Waals surface area contributed by atoms with Crippen LogP contribution in [0.5, 0.6) is 0 Å². The smallest absolute Gasteiger partial charge is 0.237 e. The van der Waals surface area contributed by atoms with Crippen molar-refractivity contribution in [2.45, 2.75) is 24.3 Å². The van der Waals surface area contributed by atoms with E-state index in [0.29, 0.717) is 5.69 Å². The molecule has 2 aromatic rings. The highest BCUT2D eigenvalue weighted by atomic mass is 32.2. The number of hydrogen-bond donors (Lipinski definition) is 3. The summed E-state index contributed by atoms with van der Waals surface area (Å²) >= 11 is 1.38. The third-order valence-corrected chi connectivity index (χ3v) is 3.66. The van der Waals surface area contributed by atoms with Gasteiger partial charge in [0, 0.05) is 23.8 Å². The molecule has 1 aromatic carbocycles. The molecule has 1 heterocycles. The number of nitrogens with zero attached hydrogens (tertiary/aromatic N) is 1. The predicted octanol–water partition coefficient (Wildman–Crippen LogP) is 2.42. The number of benzene rings is 1. The van der Waals surface area contributed by atoms with E-state index in [2.05, 4.69) is 15.3 Å². The Hall–Kier alpha value is -1.95. The summed E-state index contributed by atoms with van der Waals surface area (Å²) in [6.45, 7) is 3.77. The Morgan fingerprint density at radius 2 is 2.32 bits per heavy atom. The summed E-state index contributed by atoms with van der Waals surface area (Å²) < 4.78 is 0. The minimum atomic E-state index is -0.244. The first-order valence-electron chi connectivity index (χ1n) is 5.89. The van der Waals surface area contributed by atoms with E-state index in [1.165, 1.54) is 11.8 Å². The van der Waals surface area contributed by atoms with Gasteiger partial charge >= 0.3 is 0 Å². The van der Waals surface area contributed by atoms with Gasteiger partial charge in [-0.15, -0.1) is 0 Å². The molecule has 5 nitrogen and oxygen atoms in total. The number of nitrogens with one attached hydrogen (secondary N) is 2. The number of thioether (sulfide) groups is 1. The van der Waals surface area contributed by atoms with Crippen molar-refractivity contribution in [2.24, 2.45) is 0 Å². The number of anilines is 2. The maximum absolute atomic E-state index is 12.1. The van der Waals surface area contributed by atoms with Crippen LogP contribution in [-0.4, -0.2) is 21.1 Å². The van der Waals surface area contributed by atoms with Crippen LogP contribution in [0.1, 0.15) is 12.5 Å². The second-order valence-electron chi connectivity index (χ2n) is 4.22. The maximum Gasteiger partial charge on any atom is 0.237 e. The summed E-state index contributed by atoms with van der Waals surface area (Å²) in [4.78, 5) is 19.1. The normalized spacial score (nSPS) is 12.1. The molecular weight excluding hydrogens is 260 g/mol. The summed E-state index contributed by atoms with van der Waals surface area (Å²) in [5, 5.41) is 3.37. The van der Waals surface area contributed by atoms with Gasteiger partial charge in [-0.3, -0.25) is 4.79 Å². The highest BCUT2D eigenvalue weighted by Crippen LogP contribution is 2.22. The van der Waals surface area contributed by atoms with Crippen LogP contribution in [0.4, 0.5) is 11.4 Å². The highest BCUT2D eigenvalue weighted by molar-refractivity contribution is 8.00. The van der Waals surface area contributed by atoms with Gasteiger partial charge in [0.1, 0.15) is 0 Å². The van der Waals surface area contributed by atoms with Crippen molar-refractivity contribution in [1.82, 2.24) is 9.97 Å². The average molecular weight is 276 g/mol. The zero-order chi connectivity index (χ0) is 13.8. The van der Waals surface area contributed by atoms with E-state index in [-0.39, 0.29) is 11.2 Å². The van der Waals surface area contributed by atoms with Gasteiger partial charge in [0.15, 0.2) is 5.16 Å². The number of nitrogens with two attached hydrogens (primary N) is 1. The lowest BCUT2D eigenvalue weighted by atomic mass is 10.2. The first kappa shape index (κ1) is 13.5. The van der Waals surface area contributed by atoms with E-state index < -0.39 is 0 Å². The van der Waals surface area contributed by atoms with E-state index in [9.17, 15) is 4.79 Å². The monoisotopic (exact) mass is 276 g/mol. The van der Waals surface area contributed by atoms with Crippen molar-refractivity contribution in [3.63, 3.8) is 0 Å². The number of carbonyl (C=O) groups excluding carboxylic acids is 1. The first-order chi connectivity index (χ1) is 9.06. The Morgan fingerprint density at radius 1 is 1.53 bits per heavy atom. The third kappa shape index (κ3) is 3.51. The molecule has 0 aliphatic carbocycles. The standard InChI is InChI=1S/C13H16N4OS/c1-8-3-4-10(14)7-11(8)17-12(18)9(2)19-13-15-5-6-16-13/h3-7,9H,14H2,1-2H3,(H,15,16)(H,17,18). The van der Waals surface area contributed by atoms with Gasteiger partial charge in [-0.1, -0.05) is 17.8 Å². The summed E-state index contributed by atoms with van der Waals surface area (Å²) in [5.41, 5.74) is 8.08. The van der Waals surface area contributed by atoms with Gasteiger partial charge in [0.25, 0.3) is 0 Å². The van der Waals surface area contributed by atoms with Gasteiger partial charge < -0.3 is 16.0 Å². The number of rotatable bonds is 4. The number of amides is 1. The Bertz CT molecular complexity index is 568. The van der Waals surface area contributed by atoms with Gasteiger partial charge in [0.2, 0.25) is 5.91 Å². The SMILES string of the molecule is Cc1ccc(N)cc1NC(=O)C(C)Sc1ncc[nH]1. The Labute approximate surface area is 116 Å². The van der Waals surface area contributed by atoms with Crippen LogP contribution in [0.25, 0.3) is 0 Å². The van der Waals surface area contributed by atoms with Crippen molar-refractivity contribution < 1.29 is 4.79 Å². The molecule has 1 aromatic heterocycles. The fourth-order valence-electron chi connectivity index (χ4n) is 1.54. The highest BCUT2D eigenvalue weighted by Gasteiger charge is 2.16. The zero-order valence-corrected chi connectivity index (χ0v) is 11.6. The number of hydrogen-bond acceptors (Lipinski definition) is 4. The van der Waals surface area contributed by atoms with Crippen molar-refractivity contribution in [3.05, 3.63) is 36.2 Å². The minimum Gasteiger partial charge on any atom is -0.399 e. The first-order valence-corrected chi connectivity index (χ1v) is 6.77. The van der Waals surface area contributed by atoms with Gasteiger partial charge in [-0.2, -0.15) is 0 Å². The minimum absolute atomic E-state index is 0.0740. The molecular formula is C13H16N4OS. The van der Waals surface area contributed by atoms with Crippen LogP contribution in [0.2, 0.25) is 0 Å². The molecule has 0 aliphatic rings. The molecule has 0 saturated carbocycles. The number of H-pyrrole nitrogens is 1. The third-order valence-electron chi connectivity index (χ3n) is 2.65. The predicted molar refractivity (Wildman–Crippen MR) is 78.1 cm³/mol. The molecule has 2 rings (SSSR count). The maximum atomic E-state index is 12.1. The quantitative estimate of drug-likeness (QED) is 0.591. The second-order valence-corrected chi connectivity index (χ2v) is 5.55. The van der Waals surface area contributed by atoms with Gasteiger partial charge in [-0.25, -0.2) is 4.98 Å². The van der Waals surface area contributed by atoms with Crippen LogP contribution in [0.15, 0.2) is 35.7 Å². The molecule has 0 fully saturated rings. The number of carbonyl (C=O) groups is 1. The Balaban J connectivity index is 2.02. The summed E-state index contributed by atoms with van der Waals surface area (Å²) in [5.74, 6) is -0.0740. The molecule has 0 saturated heterocycles. The van der Waals surface area contributed by atoms with Crippen molar-refractivity contribution in [3.8, 4) is 0 Å². The number of aryl methyl sites for hydroxylation is 1. The van der Waals surface area contributed by atoms with Gasteiger partial charge in [-0.05, 0) is 31.5 Å². The van der Waals surface area contributed by atoms with Crippen LogP contribution < -0.4 is 11.1 Å². The van der Waals surface area contributed by atoms with E-state index >= 15 is 0 Å². The van der Waals surface area contributed by atoms with Crippen LogP contribution in [-0.2, 0) is 4.79 Å².